The number of nitrogens with zero attached hydrogens (tertiary/aromatic N) is 3. The van der Waals surface area contributed by atoms with Gasteiger partial charge in [-0.15, -0.1) is 0 Å². The molecule has 1 atom stereocenters. The molecule has 0 aliphatic heterocycles. The highest BCUT2D eigenvalue weighted by molar-refractivity contribution is 7.92. The van der Waals surface area contributed by atoms with Gasteiger partial charge in [-0.25, -0.2) is 8.42 Å². The number of benzene rings is 4. The van der Waals surface area contributed by atoms with Crippen molar-refractivity contribution < 1.29 is 22.9 Å². The molecule has 0 unspecified atom stereocenters. The van der Waals surface area contributed by atoms with Crippen molar-refractivity contribution >= 4 is 56.4 Å². The average molecular weight is 684 g/mol. The molecule has 0 bridgehead atoms. The predicted molar refractivity (Wildman–Crippen MR) is 178 cm³/mol. The number of nitro groups is 1. The van der Waals surface area contributed by atoms with E-state index >= 15 is 0 Å². The van der Waals surface area contributed by atoms with Crippen LogP contribution in [0.3, 0.4) is 0 Å². The molecule has 240 valence electrons. The second kappa shape index (κ2) is 15.7. The SMILES string of the molecule is CCCNC(=O)[C@H](Cc1ccccc1)N(Cc1ccc(Cl)cc1Cl)C(=O)CN(c1ccc([N+](=O)[O-])cc1)S(=O)(=O)c1ccccc1. The zero-order valence-electron chi connectivity index (χ0n) is 24.9. The molecule has 0 spiro atoms. The summed E-state index contributed by atoms with van der Waals surface area (Å²) in [5.74, 6) is -1.12. The van der Waals surface area contributed by atoms with Gasteiger partial charge in [0, 0.05) is 41.7 Å². The lowest BCUT2D eigenvalue weighted by atomic mass is 10.0. The van der Waals surface area contributed by atoms with E-state index in [-0.39, 0.29) is 34.3 Å². The van der Waals surface area contributed by atoms with Crippen LogP contribution in [-0.2, 0) is 32.6 Å². The largest absolute Gasteiger partial charge is 0.354 e. The number of halogens is 2. The van der Waals surface area contributed by atoms with E-state index in [4.69, 9.17) is 23.2 Å². The molecule has 10 nitrogen and oxygen atoms in total. The Morgan fingerprint density at radius 2 is 1.54 bits per heavy atom. The first-order valence-corrected chi connectivity index (χ1v) is 16.6. The number of sulfonamides is 1. The van der Waals surface area contributed by atoms with E-state index in [1.54, 1.807) is 30.3 Å². The third-order valence-corrected chi connectivity index (χ3v) is 9.51. The van der Waals surface area contributed by atoms with Gasteiger partial charge in [-0.1, -0.05) is 84.7 Å². The maximum Gasteiger partial charge on any atom is 0.269 e. The fourth-order valence-corrected chi connectivity index (χ4v) is 6.65. The number of carbonyl (C=O) groups is 2. The topological polar surface area (TPSA) is 130 Å². The van der Waals surface area contributed by atoms with Crippen LogP contribution in [-0.4, -0.2) is 49.2 Å². The first kappa shape index (κ1) is 34.4. The Balaban J connectivity index is 1.82. The summed E-state index contributed by atoms with van der Waals surface area (Å²) in [5.41, 5.74) is 1.06. The van der Waals surface area contributed by atoms with Crippen molar-refractivity contribution in [3.8, 4) is 0 Å². The third kappa shape index (κ3) is 8.63. The van der Waals surface area contributed by atoms with Crippen LogP contribution >= 0.6 is 23.2 Å². The van der Waals surface area contributed by atoms with Gasteiger partial charge in [-0.05, 0) is 53.9 Å². The van der Waals surface area contributed by atoms with Crippen molar-refractivity contribution in [3.63, 3.8) is 0 Å². The molecule has 1 N–H and O–H groups in total. The van der Waals surface area contributed by atoms with Gasteiger partial charge in [0.2, 0.25) is 11.8 Å². The van der Waals surface area contributed by atoms with Crippen LogP contribution in [0.25, 0.3) is 0 Å². The number of anilines is 1. The molecule has 0 aliphatic carbocycles. The summed E-state index contributed by atoms with van der Waals surface area (Å²) in [5, 5.41) is 14.8. The van der Waals surface area contributed by atoms with Crippen LogP contribution in [0.2, 0.25) is 10.0 Å². The minimum Gasteiger partial charge on any atom is -0.354 e. The van der Waals surface area contributed by atoms with E-state index in [1.165, 1.54) is 35.2 Å². The molecule has 0 heterocycles. The molecule has 46 heavy (non-hydrogen) atoms. The Kier molecular flexibility index (Phi) is 11.8. The summed E-state index contributed by atoms with van der Waals surface area (Å²) < 4.78 is 28.9. The maximum atomic E-state index is 14.4. The van der Waals surface area contributed by atoms with Gasteiger partial charge in [0.1, 0.15) is 12.6 Å². The van der Waals surface area contributed by atoms with Crippen molar-refractivity contribution in [1.82, 2.24) is 10.2 Å². The number of nitrogens with one attached hydrogen (secondary N) is 1. The molecule has 0 fully saturated rings. The minimum absolute atomic E-state index is 0.0299. The summed E-state index contributed by atoms with van der Waals surface area (Å²) >= 11 is 12.6. The van der Waals surface area contributed by atoms with Gasteiger partial charge in [-0.3, -0.25) is 24.0 Å². The van der Waals surface area contributed by atoms with Crippen molar-refractivity contribution in [3.05, 3.63) is 134 Å². The number of non-ortho nitro benzene ring substituents is 1. The van der Waals surface area contributed by atoms with Gasteiger partial charge in [-0.2, -0.15) is 0 Å². The molecule has 0 radical (unpaired) electrons. The average Bonchev–Trinajstić information content (AvgIpc) is 3.05. The molecule has 4 rings (SSSR count). The Morgan fingerprint density at radius 3 is 2.13 bits per heavy atom. The lowest BCUT2D eigenvalue weighted by Gasteiger charge is -2.34. The Labute approximate surface area is 277 Å². The van der Waals surface area contributed by atoms with E-state index in [9.17, 15) is 28.1 Å². The zero-order chi connectivity index (χ0) is 33.3. The molecule has 4 aromatic carbocycles. The highest BCUT2D eigenvalue weighted by atomic mass is 35.5. The Bertz CT molecular complexity index is 1780. The smallest absolute Gasteiger partial charge is 0.269 e. The number of rotatable bonds is 14. The fraction of sp³-hybridized carbons (Fsp3) is 0.212. The highest BCUT2D eigenvalue weighted by Gasteiger charge is 2.35. The Hall–Kier alpha value is -4.45. The summed E-state index contributed by atoms with van der Waals surface area (Å²) in [6.07, 6.45) is 0.792. The van der Waals surface area contributed by atoms with Gasteiger partial charge in [0.15, 0.2) is 0 Å². The summed E-state index contributed by atoms with van der Waals surface area (Å²) in [6.45, 7) is 1.42. The summed E-state index contributed by atoms with van der Waals surface area (Å²) in [6, 6.07) is 25.2. The molecule has 0 saturated heterocycles. The van der Waals surface area contributed by atoms with Crippen LogP contribution < -0.4 is 9.62 Å². The molecule has 2 amide bonds. The lowest BCUT2D eigenvalue weighted by molar-refractivity contribution is -0.384. The van der Waals surface area contributed by atoms with E-state index in [0.29, 0.717) is 23.6 Å². The second-order valence-corrected chi connectivity index (χ2v) is 13.1. The molecular weight excluding hydrogens is 651 g/mol. The number of nitro benzene ring substituents is 1. The van der Waals surface area contributed by atoms with Gasteiger partial charge < -0.3 is 10.2 Å². The molecule has 0 aromatic heterocycles. The van der Waals surface area contributed by atoms with Crippen LogP contribution in [0.1, 0.15) is 24.5 Å². The number of carbonyl (C=O) groups excluding carboxylic acids is 2. The van der Waals surface area contributed by atoms with Crippen molar-refractivity contribution in [2.45, 2.75) is 37.2 Å². The number of hydrogen-bond acceptors (Lipinski definition) is 6. The van der Waals surface area contributed by atoms with E-state index < -0.39 is 39.3 Å². The first-order valence-electron chi connectivity index (χ1n) is 14.4. The van der Waals surface area contributed by atoms with Crippen LogP contribution in [0, 0.1) is 10.1 Å². The lowest BCUT2D eigenvalue weighted by Crippen LogP contribution is -2.53. The van der Waals surface area contributed by atoms with Gasteiger partial charge >= 0.3 is 0 Å². The third-order valence-electron chi connectivity index (χ3n) is 7.13. The Morgan fingerprint density at radius 1 is 0.913 bits per heavy atom. The van der Waals surface area contributed by atoms with Gasteiger partial charge in [0.05, 0.1) is 15.5 Å². The number of amides is 2. The number of hydrogen-bond donors (Lipinski definition) is 1. The molecular formula is C33H32Cl2N4O6S. The molecule has 4 aromatic rings. The molecule has 0 saturated carbocycles. The second-order valence-electron chi connectivity index (χ2n) is 10.4. The van der Waals surface area contributed by atoms with Crippen molar-refractivity contribution in [2.24, 2.45) is 0 Å². The van der Waals surface area contributed by atoms with Crippen LogP contribution in [0.5, 0.6) is 0 Å². The van der Waals surface area contributed by atoms with E-state index in [0.717, 1.165) is 22.0 Å². The van der Waals surface area contributed by atoms with Crippen molar-refractivity contribution in [1.29, 1.82) is 0 Å². The molecule has 0 aliphatic rings. The zero-order valence-corrected chi connectivity index (χ0v) is 27.2. The summed E-state index contributed by atoms with van der Waals surface area (Å²) in [7, 11) is -4.35. The standard InChI is InChI=1S/C33H32Cl2N4O6S/c1-2-19-36-33(41)31(20-24-9-5-3-6-10-24)37(22-25-13-14-26(34)21-30(25)35)32(40)23-38(27-15-17-28(18-16-27)39(42)43)46(44,45)29-11-7-4-8-12-29/h3-18,21,31H,2,19-20,22-23H2,1H3,(H,36,41)/t31-/m0/s1. The van der Waals surface area contributed by atoms with Crippen molar-refractivity contribution in [2.75, 3.05) is 17.4 Å². The highest BCUT2D eigenvalue weighted by Crippen LogP contribution is 2.28. The minimum atomic E-state index is -4.35. The first-order chi connectivity index (χ1) is 22.0. The van der Waals surface area contributed by atoms with Gasteiger partial charge in [0.25, 0.3) is 15.7 Å². The summed E-state index contributed by atoms with van der Waals surface area (Å²) in [4.78, 5) is 40.1. The fourth-order valence-electron chi connectivity index (χ4n) is 4.74. The molecule has 13 heteroatoms. The quantitative estimate of drug-likeness (QED) is 0.123. The van der Waals surface area contributed by atoms with E-state index in [1.807, 2.05) is 37.3 Å². The monoisotopic (exact) mass is 682 g/mol. The maximum absolute atomic E-state index is 14.4. The van der Waals surface area contributed by atoms with Crippen LogP contribution in [0.15, 0.2) is 108 Å². The normalized spacial score (nSPS) is 11.8. The predicted octanol–water partition coefficient (Wildman–Crippen LogP) is 6.26. The van der Waals surface area contributed by atoms with E-state index in [2.05, 4.69) is 5.32 Å². The van der Waals surface area contributed by atoms with Crippen LogP contribution in [0.4, 0.5) is 11.4 Å².